The Hall–Kier alpha value is -3.46. The summed E-state index contributed by atoms with van der Waals surface area (Å²) in [7, 11) is 0. The van der Waals surface area contributed by atoms with Crippen LogP contribution in [0.1, 0.15) is 5.76 Å². The number of hydrogen-bond acceptors (Lipinski definition) is 7. The van der Waals surface area contributed by atoms with E-state index < -0.39 is 0 Å². The number of halogens is 1. The van der Waals surface area contributed by atoms with E-state index in [2.05, 4.69) is 20.2 Å². The molecular weight excluding hydrogens is 381 g/mol. The van der Waals surface area contributed by atoms with Crippen molar-refractivity contribution < 1.29 is 13.2 Å². The van der Waals surface area contributed by atoms with Crippen molar-refractivity contribution in [3.63, 3.8) is 0 Å². The molecule has 1 aromatic carbocycles. The van der Waals surface area contributed by atoms with Crippen molar-refractivity contribution in [1.82, 2.24) is 24.7 Å². The first kappa shape index (κ1) is 16.7. The molecule has 0 spiro atoms. The summed E-state index contributed by atoms with van der Waals surface area (Å²) >= 11 is 1.28. The Morgan fingerprint density at radius 2 is 1.89 bits per heavy atom. The van der Waals surface area contributed by atoms with Crippen molar-refractivity contribution in [3.05, 3.63) is 72.9 Å². The second-order valence-electron chi connectivity index (χ2n) is 5.89. The highest BCUT2D eigenvalue weighted by atomic mass is 32.2. The Labute approximate surface area is 162 Å². The molecule has 0 saturated heterocycles. The van der Waals surface area contributed by atoms with E-state index in [9.17, 15) is 4.39 Å². The fourth-order valence-corrected chi connectivity index (χ4v) is 3.72. The normalized spacial score (nSPS) is 11.3. The molecule has 5 rings (SSSR count). The molecule has 0 fully saturated rings. The smallest absolute Gasteiger partial charge is 0.200 e. The Bertz CT molecular complexity index is 1230. The van der Waals surface area contributed by atoms with Gasteiger partial charge in [0.1, 0.15) is 22.9 Å². The van der Waals surface area contributed by atoms with Crippen molar-refractivity contribution in [2.75, 3.05) is 0 Å². The van der Waals surface area contributed by atoms with Crippen LogP contribution in [0.15, 0.2) is 80.3 Å². The van der Waals surface area contributed by atoms with E-state index in [1.807, 2.05) is 22.8 Å². The van der Waals surface area contributed by atoms with Gasteiger partial charge in [0.2, 0.25) is 5.82 Å². The first-order valence-corrected chi connectivity index (χ1v) is 9.17. The Balaban J connectivity index is 1.60. The summed E-state index contributed by atoms with van der Waals surface area (Å²) < 4.78 is 26.6. The molecule has 0 N–H and O–H groups in total. The lowest BCUT2D eigenvalue weighted by Crippen LogP contribution is -2.03. The number of fused-ring (bicyclic) bond motifs is 1. The van der Waals surface area contributed by atoms with Crippen LogP contribution in [0.5, 0.6) is 0 Å². The largest absolute Gasteiger partial charge is 0.467 e. The summed E-state index contributed by atoms with van der Waals surface area (Å²) in [4.78, 5) is 8.50. The monoisotopic (exact) mass is 393 g/mol. The van der Waals surface area contributed by atoms with Crippen molar-refractivity contribution in [3.8, 4) is 11.6 Å². The minimum Gasteiger partial charge on any atom is -0.467 e. The SMILES string of the molecule is Fc1ccc2ncnc(Sc3nnc(-c4ccco4)n3Cc3ccco3)c2c1. The van der Waals surface area contributed by atoms with E-state index in [0.717, 1.165) is 5.76 Å². The third-order valence-corrected chi connectivity index (χ3v) is 5.10. The number of benzene rings is 1. The van der Waals surface area contributed by atoms with Gasteiger partial charge in [0.15, 0.2) is 10.9 Å². The molecule has 4 heterocycles. The molecule has 0 aliphatic rings. The lowest BCUT2D eigenvalue weighted by atomic mass is 10.2. The second kappa shape index (κ2) is 6.93. The molecular formula is C19H12FN5O2S. The van der Waals surface area contributed by atoms with Gasteiger partial charge in [0.05, 0.1) is 24.6 Å². The Kier molecular flexibility index (Phi) is 4.13. The Morgan fingerprint density at radius 1 is 1.00 bits per heavy atom. The van der Waals surface area contributed by atoms with Crippen molar-refractivity contribution in [2.24, 2.45) is 0 Å². The van der Waals surface area contributed by atoms with Gasteiger partial charge in [-0.15, -0.1) is 10.2 Å². The van der Waals surface area contributed by atoms with E-state index in [0.29, 0.717) is 39.2 Å². The van der Waals surface area contributed by atoms with Gasteiger partial charge < -0.3 is 8.83 Å². The maximum atomic E-state index is 13.8. The van der Waals surface area contributed by atoms with Gasteiger partial charge in [0, 0.05) is 5.39 Å². The highest BCUT2D eigenvalue weighted by molar-refractivity contribution is 7.99. The fourth-order valence-electron chi connectivity index (χ4n) is 2.83. The van der Waals surface area contributed by atoms with Gasteiger partial charge in [-0.3, -0.25) is 4.57 Å². The molecule has 138 valence electrons. The molecule has 9 heteroatoms. The summed E-state index contributed by atoms with van der Waals surface area (Å²) in [6.07, 6.45) is 4.64. The van der Waals surface area contributed by atoms with Crippen LogP contribution in [0.4, 0.5) is 4.39 Å². The number of furan rings is 2. The zero-order valence-corrected chi connectivity index (χ0v) is 15.1. The zero-order valence-electron chi connectivity index (χ0n) is 14.3. The maximum absolute atomic E-state index is 13.8. The quantitative estimate of drug-likeness (QED) is 0.409. The lowest BCUT2D eigenvalue weighted by Gasteiger charge is -2.08. The summed E-state index contributed by atoms with van der Waals surface area (Å²) in [5, 5.41) is 10.3. The molecule has 0 atom stereocenters. The van der Waals surface area contributed by atoms with E-state index >= 15 is 0 Å². The molecule has 0 unspecified atom stereocenters. The molecule has 5 aromatic rings. The van der Waals surface area contributed by atoms with Crippen LogP contribution in [0, 0.1) is 5.82 Å². The van der Waals surface area contributed by atoms with Crippen LogP contribution in [0.3, 0.4) is 0 Å². The van der Waals surface area contributed by atoms with E-state index in [-0.39, 0.29) is 5.82 Å². The first-order valence-electron chi connectivity index (χ1n) is 8.35. The minimum atomic E-state index is -0.350. The standard InChI is InChI=1S/C19H12FN5O2S/c20-12-5-6-15-14(9-12)18(22-11-21-15)28-19-24-23-17(16-4-2-8-27-16)25(19)10-13-3-1-7-26-13/h1-9,11H,10H2. The van der Waals surface area contributed by atoms with Gasteiger partial charge in [-0.05, 0) is 54.2 Å². The van der Waals surface area contributed by atoms with Gasteiger partial charge in [-0.2, -0.15) is 0 Å². The third kappa shape index (κ3) is 3.05. The molecule has 0 saturated carbocycles. The Morgan fingerprint density at radius 3 is 2.71 bits per heavy atom. The zero-order chi connectivity index (χ0) is 18.9. The van der Waals surface area contributed by atoms with Gasteiger partial charge in [0.25, 0.3) is 0 Å². The van der Waals surface area contributed by atoms with Crippen molar-refractivity contribution >= 4 is 22.7 Å². The summed E-state index contributed by atoms with van der Waals surface area (Å²) in [6.45, 7) is 0.412. The number of rotatable bonds is 5. The van der Waals surface area contributed by atoms with Crippen LogP contribution >= 0.6 is 11.8 Å². The fraction of sp³-hybridized carbons (Fsp3) is 0.0526. The third-order valence-electron chi connectivity index (χ3n) is 4.10. The van der Waals surface area contributed by atoms with Gasteiger partial charge in [-0.1, -0.05) is 0 Å². The molecule has 0 aliphatic carbocycles. The molecule has 7 nitrogen and oxygen atoms in total. The van der Waals surface area contributed by atoms with Crippen molar-refractivity contribution in [2.45, 2.75) is 16.7 Å². The van der Waals surface area contributed by atoms with E-state index in [1.165, 1.54) is 30.2 Å². The van der Waals surface area contributed by atoms with E-state index in [4.69, 9.17) is 8.83 Å². The lowest BCUT2D eigenvalue weighted by molar-refractivity contribution is 0.482. The van der Waals surface area contributed by atoms with Crippen LogP contribution in [-0.4, -0.2) is 24.7 Å². The number of hydrogen-bond donors (Lipinski definition) is 0. The van der Waals surface area contributed by atoms with Crippen LogP contribution in [0.2, 0.25) is 0 Å². The molecule has 4 aromatic heterocycles. The average Bonchev–Trinajstić information content (AvgIpc) is 3.46. The minimum absolute atomic E-state index is 0.350. The first-order chi connectivity index (χ1) is 13.8. The van der Waals surface area contributed by atoms with Gasteiger partial charge in [-0.25, -0.2) is 14.4 Å². The summed E-state index contributed by atoms with van der Waals surface area (Å²) in [5.74, 6) is 1.54. The van der Waals surface area contributed by atoms with Crippen molar-refractivity contribution in [1.29, 1.82) is 0 Å². The second-order valence-corrected chi connectivity index (χ2v) is 6.85. The van der Waals surface area contributed by atoms with E-state index in [1.54, 1.807) is 24.7 Å². The highest BCUT2D eigenvalue weighted by Gasteiger charge is 2.19. The molecule has 28 heavy (non-hydrogen) atoms. The number of aromatic nitrogens is 5. The predicted molar refractivity (Wildman–Crippen MR) is 99.2 cm³/mol. The number of nitrogens with zero attached hydrogens (tertiary/aromatic N) is 5. The molecule has 0 bridgehead atoms. The summed E-state index contributed by atoms with van der Waals surface area (Å²) in [6, 6.07) is 11.7. The maximum Gasteiger partial charge on any atom is 0.200 e. The topological polar surface area (TPSA) is 82.8 Å². The highest BCUT2D eigenvalue weighted by Crippen LogP contribution is 2.33. The molecule has 0 aliphatic heterocycles. The molecule has 0 amide bonds. The van der Waals surface area contributed by atoms with Crippen LogP contribution < -0.4 is 0 Å². The predicted octanol–water partition coefficient (Wildman–Crippen LogP) is 4.41. The molecule has 0 radical (unpaired) electrons. The van der Waals surface area contributed by atoms with Crippen LogP contribution in [0.25, 0.3) is 22.5 Å². The summed E-state index contributed by atoms with van der Waals surface area (Å²) in [5.41, 5.74) is 0.655. The average molecular weight is 393 g/mol. The van der Waals surface area contributed by atoms with Crippen LogP contribution in [-0.2, 0) is 6.54 Å². The van der Waals surface area contributed by atoms with Gasteiger partial charge >= 0.3 is 0 Å².